The highest BCUT2D eigenvalue weighted by atomic mass is 32.2. The summed E-state index contributed by atoms with van der Waals surface area (Å²) < 4.78 is 5.56. The molecule has 8 heteroatoms. The lowest BCUT2D eigenvalue weighted by Gasteiger charge is -2.43. The van der Waals surface area contributed by atoms with Gasteiger partial charge in [-0.2, -0.15) is 11.8 Å². The average molecular weight is 418 g/mol. The molecule has 3 aliphatic rings. The van der Waals surface area contributed by atoms with Crippen molar-refractivity contribution in [1.82, 2.24) is 15.5 Å². The second kappa shape index (κ2) is 9.36. The molecule has 1 aromatic carbocycles. The van der Waals surface area contributed by atoms with Crippen molar-refractivity contribution in [3.05, 3.63) is 29.8 Å². The van der Waals surface area contributed by atoms with E-state index in [2.05, 4.69) is 31.9 Å². The van der Waals surface area contributed by atoms with Gasteiger partial charge in [-0.25, -0.2) is 0 Å². The van der Waals surface area contributed by atoms with E-state index >= 15 is 0 Å². The molecule has 0 radical (unpaired) electrons. The van der Waals surface area contributed by atoms with Crippen LogP contribution in [-0.2, 0) is 9.53 Å². The molecule has 0 aliphatic carbocycles. The molecule has 0 bridgehead atoms. The molecule has 3 aliphatic heterocycles. The fourth-order valence-electron chi connectivity index (χ4n) is 4.51. The second-order valence-electron chi connectivity index (χ2n) is 7.97. The van der Waals surface area contributed by atoms with Gasteiger partial charge in [0.15, 0.2) is 5.96 Å². The van der Waals surface area contributed by atoms with Gasteiger partial charge in [-0.1, -0.05) is 18.2 Å². The van der Waals surface area contributed by atoms with Crippen molar-refractivity contribution in [1.29, 1.82) is 0 Å². The van der Waals surface area contributed by atoms with E-state index in [0.717, 1.165) is 50.2 Å². The number of nitrogens with zero attached hydrogens (tertiary/aromatic N) is 2. The van der Waals surface area contributed by atoms with Gasteiger partial charge in [0.25, 0.3) is 0 Å². The molecular formula is C21H31N5O2S. The molecule has 158 valence electrons. The molecule has 3 N–H and O–H groups in total. The van der Waals surface area contributed by atoms with Gasteiger partial charge >= 0.3 is 0 Å². The number of para-hydroxylation sites is 1. The maximum atomic E-state index is 12.1. The highest BCUT2D eigenvalue weighted by molar-refractivity contribution is 7.99. The Labute approximate surface area is 177 Å². The first kappa shape index (κ1) is 20.5. The summed E-state index contributed by atoms with van der Waals surface area (Å²) in [5.74, 6) is 3.38. The molecule has 2 saturated heterocycles. The standard InChI is InChI=1S/C21H31N5O2S/c1-22-20(23-13-16-12-19(27)25-18-5-3-2-4-17(16)18)24-14-21(6-11-29-15-21)26-7-9-28-10-8-26/h2-5,16H,6-15H2,1H3,(H,25,27)(H2,22,23,24). The number of carbonyl (C=O) groups excluding carboxylic acids is 1. The predicted octanol–water partition coefficient (Wildman–Crippen LogP) is 1.49. The van der Waals surface area contributed by atoms with Crippen LogP contribution < -0.4 is 16.0 Å². The van der Waals surface area contributed by atoms with Crippen molar-refractivity contribution in [3.8, 4) is 0 Å². The van der Waals surface area contributed by atoms with Crippen LogP contribution in [0.1, 0.15) is 24.3 Å². The number of guanidine groups is 1. The van der Waals surface area contributed by atoms with Crippen LogP contribution in [0.5, 0.6) is 0 Å². The third kappa shape index (κ3) is 4.70. The zero-order valence-corrected chi connectivity index (χ0v) is 17.9. The Hall–Kier alpha value is -1.77. The van der Waals surface area contributed by atoms with E-state index in [1.807, 2.05) is 37.0 Å². The number of fused-ring (bicyclic) bond motifs is 1. The number of hydrogen-bond acceptors (Lipinski definition) is 5. The Morgan fingerprint density at radius 2 is 2.17 bits per heavy atom. The van der Waals surface area contributed by atoms with Crippen molar-refractivity contribution in [2.75, 3.05) is 63.3 Å². The predicted molar refractivity (Wildman–Crippen MR) is 119 cm³/mol. The third-order valence-corrected chi connectivity index (χ3v) is 7.43. The number of carbonyl (C=O) groups is 1. The number of benzene rings is 1. The molecule has 2 atom stereocenters. The number of thioether (sulfide) groups is 1. The van der Waals surface area contributed by atoms with Gasteiger partial charge in [0.1, 0.15) is 0 Å². The first-order chi connectivity index (χ1) is 14.2. The van der Waals surface area contributed by atoms with Crippen LogP contribution in [0.3, 0.4) is 0 Å². The Balaban J connectivity index is 1.36. The summed E-state index contributed by atoms with van der Waals surface area (Å²) in [6, 6.07) is 8.05. The molecule has 0 saturated carbocycles. The van der Waals surface area contributed by atoms with Gasteiger partial charge in [0.2, 0.25) is 5.91 Å². The summed E-state index contributed by atoms with van der Waals surface area (Å²) in [6.07, 6.45) is 1.69. The number of anilines is 1. The minimum atomic E-state index is 0.0766. The van der Waals surface area contributed by atoms with Crippen molar-refractivity contribution in [3.63, 3.8) is 0 Å². The quantitative estimate of drug-likeness (QED) is 0.498. The Kier molecular flexibility index (Phi) is 6.62. The molecule has 0 spiro atoms. The zero-order chi connectivity index (χ0) is 20.1. The van der Waals surface area contributed by atoms with Gasteiger partial charge < -0.3 is 20.7 Å². The first-order valence-corrected chi connectivity index (χ1v) is 11.6. The molecule has 1 aromatic rings. The van der Waals surface area contributed by atoms with Gasteiger partial charge in [0.05, 0.1) is 13.2 Å². The molecule has 3 heterocycles. The van der Waals surface area contributed by atoms with Crippen LogP contribution in [0, 0.1) is 0 Å². The van der Waals surface area contributed by atoms with E-state index in [1.54, 1.807) is 0 Å². The highest BCUT2D eigenvalue weighted by Gasteiger charge is 2.40. The Morgan fingerprint density at radius 3 is 2.93 bits per heavy atom. The van der Waals surface area contributed by atoms with Gasteiger partial charge in [-0.05, 0) is 23.8 Å². The van der Waals surface area contributed by atoms with Crippen molar-refractivity contribution in [2.24, 2.45) is 4.99 Å². The van der Waals surface area contributed by atoms with E-state index in [1.165, 1.54) is 17.7 Å². The molecule has 0 aromatic heterocycles. The lowest BCUT2D eigenvalue weighted by atomic mass is 9.90. The van der Waals surface area contributed by atoms with Crippen LogP contribution >= 0.6 is 11.8 Å². The van der Waals surface area contributed by atoms with E-state index in [-0.39, 0.29) is 17.4 Å². The normalized spacial score (nSPS) is 28.0. The van der Waals surface area contributed by atoms with E-state index < -0.39 is 0 Å². The molecule has 29 heavy (non-hydrogen) atoms. The molecule has 1 amide bonds. The van der Waals surface area contributed by atoms with Gasteiger partial charge in [-0.3, -0.25) is 14.7 Å². The molecule has 2 unspecified atom stereocenters. The van der Waals surface area contributed by atoms with Crippen LogP contribution in [0.2, 0.25) is 0 Å². The minimum Gasteiger partial charge on any atom is -0.379 e. The summed E-state index contributed by atoms with van der Waals surface area (Å²) in [7, 11) is 1.81. The number of rotatable bonds is 5. The fourth-order valence-corrected chi connectivity index (χ4v) is 5.99. The van der Waals surface area contributed by atoms with Crippen LogP contribution in [0.25, 0.3) is 0 Å². The number of amides is 1. The fraction of sp³-hybridized carbons (Fsp3) is 0.619. The van der Waals surface area contributed by atoms with Crippen LogP contribution in [0.15, 0.2) is 29.3 Å². The number of hydrogen-bond donors (Lipinski definition) is 3. The lowest BCUT2D eigenvalue weighted by molar-refractivity contribution is -0.116. The summed E-state index contributed by atoms with van der Waals surface area (Å²) in [5, 5.41) is 9.98. The average Bonchev–Trinajstić information content (AvgIpc) is 3.24. The summed E-state index contributed by atoms with van der Waals surface area (Å²) in [4.78, 5) is 19.1. The van der Waals surface area contributed by atoms with Gasteiger partial charge in [-0.15, -0.1) is 0 Å². The SMILES string of the molecule is CN=C(NCC1CC(=O)Nc2ccccc21)NCC1(N2CCOCC2)CCSC1. The van der Waals surface area contributed by atoms with Crippen molar-refractivity contribution < 1.29 is 9.53 Å². The van der Waals surface area contributed by atoms with E-state index in [0.29, 0.717) is 13.0 Å². The zero-order valence-electron chi connectivity index (χ0n) is 17.1. The Bertz CT molecular complexity index is 744. The summed E-state index contributed by atoms with van der Waals surface area (Å²) >= 11 is 2.04. The summed E-state index contributed by atoms with van der Waals surface area (Å²) in [5.41, 5.74) is 2.28. The van der Waals surface area contributed by atoms with E-state index in [4.69, 9.17) is 4.74 Å². The van der Waals surface area contributed by atoms with Gasteiger partial charge in [0, 0.05) is 62.5 Å². The molecule has 7 nitrogen and oxygen atoms in total. The number of nitrogens with one attached hydrogen (secondary N) is 3. The topological polar surface area (TPSA) is 78.0 Å². The third-order valence-electron chi connectivity index (χ3n) is 6.20. The summed E-state index contributed by atoms with van der Waals surface area (Å²) in [6.45, 7) is 5.21. The molecule has 2 fully saturated rings. The van der Waals surface area contributed by atoms with Crippen LogP contribution in [-0.4, -0.2) is 80.3 Å². The lowest BCUT2D eigenvalue weighted by Crippen LogP contribution is -2.60. The van der Waals surface area contributed by atoms with Crippen molar-refractivity contribution in [2.45, 2.75) is 24.3 Å². The largest absolute Gasteiger partial charge is 0.379 e. The smallest absolute Gasteiger partial charge is 0.225 e. The number of ether oxygens (including phenoxy) is 1. The second-order valence-corrected chi connectivity index (χ2v) is 9.07. The maximum absolute atomic E-state index is 12.1. The number of aliphatic imine (C=N–C) groups is 1. The first-order valence-electron chi connectivity index (χ1n) is 10.4. The maximum Gasteiger partial charge on any atom is 0.225 e. The number of morpholine rings is 1. The molecular weight excluding hydrogens is 386 g/mol. The van der Waals surface area contributed by atoms with E-state index in [9.17, 15) is 4.79 Å². The monoisotopic (exact) mass is 417 g/mol. The van der Waals surface area contributed by atoms with Crippen molar-refractivity contribution >= 4 is 29.3 Å². The van der Waals surface area contributed by atoms with Crippen LogP contribution in [0.4, 0.5) is 5.69 Å². The highest BCUT2D eigenvalue weighted by Crippen LogP contribution is 2.34. The minimum absolute atomic E-state index is 0.0766. The molecule has 4 rings (SSSR count). The Morgan fingerprint density at radius 1 is 1.34 bits per heavy atom.